The van der Waals surface area contributed by atoms with Crippen LogP contribution in [-0.4, -0.2) is 18.2 Å². The Kier molecular flexibility index (Phi) is 2.84. The fourth-order valence-corrected chi connectivity index (χ4v) is 1.97. The molecule has 0 amide bonds. The topological polar surface area (TPSA) is 68.3 Å². The van der Waals surface area contributed by atoms with E-state index in [-0.39, 0.29) is 6.42 Å². The van der Waals surface area contributed by atoms with Gasteiger partial charge >= 0.3 is 0 Å². The number of aromatic nitrogens is 1. The molecule has 0 unspecified atom stereocenters. The summed E-state index contributed by atoms with van der Waals surface area (Å²) in [6.07, 6.45) is 0.250. The van der Waals surface area contributed by atoms with E-state index >= 15 is 0 Å². The molecule has 0 bridgehead atoms. The lowest BCUT2D eigenvalue weighted by atomic mass is 10.2. The Hall–Kier alpha value is -2.48. The Morgan fingerprint density at radius 1 is 1.26 bits per heavy atom. The Balaban J connectivity index is 1.98. The summed E-state index contributed by atoms with van der Waals surface area (Å²) in [5.74, 6) is 2.60. The van der Waals surface area contributed by atoms with Gasteiger partial charge in [0.1, 0.15) is 19.0 Å². The fraction of sp³-hybridized carbons (Fsp3) is 0.286. The van der Waals surface area contributed by atoms with E-state index in [9.17, 15) is 0 Å². The molecule has 1 aliphatic rings. The monoisotopic (exact) mass is 256 g/mol. The lowest BCUT2D eigenvalue weighted by Gasteiger charge is -2.18. The summed E-state index contributed by atoms with van der Waals surface area (Å²) in [5, 5.41) is 8.71. The van der Waals surface area contributed by atoms with Gasteiger partial charge in [-0.2, -0.15) is 5.26 Å². The molecule has 0 aliphatic carbocycles. The highest BCUT2D eigenvalue weighted by atomic mass is 16.6. The highest BCUT2D eigenvalue weighted by molar-refractivity contribution is 5.60. The van der Waals surface area contributed by atoms with Crippen LogP contribution in [0.3, 0.4) is 0 Å². The van der Waals surface area contributed by atoms with Crippen molar-refractivity contribution in [1.29, 1.82) is 5.26 Å². The van der Waals surface area contributed by atoms with Crippen molar-refractivity contribution in [2.45, 2.75) is 13.3 Å². The van der Waals surface area contributed by atoms with Crippen LogP contribution >= 0.6 is 0 Å². The molecule has 1 aromatic carbocycles. The average Bonchev–Trinajstić information content (AvgIpc) is 2.80. The van der Waals surface area contributed by atoms with Gasteiger partial charge in [0.25, 0.3) is 0 Å². The standard InChI is InChI=1S/C14H12N2O3/c1-9-11(4-5-15)16-14(19-9)10-2-3-12-13(8-10)18-7-6-17-12/h2-3,8H,4,6-7H2,1H3. The van der Waals surface area contributed by atoms with Crippen molar-refractivity contribution < 1.29 is 13.9 Å². The summed E-state index contributed by atoms with van der Waals surface area (Å²) < 4.78 is 16.6. The smallest absolute Gasteiger partial charge is 0.226 e. The molecular weight excluding hydrogens is 244 g/mol. The van der Waals surface area contributed by atoms with E-state index in [1.807, 2.05) is 18.2 Å². The lowest BCUT2D eigenvalue weighted by molar-refractivity contribution is 0.171. The number of ether oxygens (including phenoxy) is 2. The molecule has 2 heterocycles. The quantitative estimate of drug-likeness (QED) is 0.825. The summed E-state index contributed by atoms with van der Waals surface area (Å²) in [4.78, 5) is 4.33. The first kappa shape index (κ1) is 11.6. The van der Waals surface area contributed by atoms with Crippen LogP contribution in [0.15, 0.2) is 22.6 Å². The number of fused-ring (bicyclic) bond motifs is 1. The minimum Gasteiger partial charge on any atom is -0.486 e. The van der Waals surface area contributed by atoms with E-state index in [0.29, 0.717) is 36.3 Å². The molecular formula is C14H12N2O3. The van der Waals surface area contributed by atoms with Gasteiger partial charge in [0.15, 0.2) is 11.5 Å². The normalized spacial score (nSPS) is 13.1. The predicted octanol–water partition coefficient (Wildman–Crippen LogP) is 2.49. The van der Waals surface area contributed by atoms with Crippen LogP contribution in [0, 0.1) is 18.3 Å². The summed E-state index contributed by atoms with van der Waals surface area (Å²) in [6, 6.07) is 7.63. The first-order valence-corrected chi connectivity index (χ1v) is 6.01. The van der Waals surface area contributed by atoms with Crippen molar-refractivity contribution in [2.24, 2.45) is 0 Å². The van der Waals surface area contributed by atoms with E-state index in [0.717, 1.165) is 11.3 Å². The lowest BCUT2D eigenvalue weighted by Crippen LogP contribution is -2.15. The zero-order chi connectivity index (χ0) is 13.2. The van der Waals surface area contributed by atoms with Crippen LogP contribution in [0.5, 0.6) is 11.5 Å². The van der Waals surface area contributed by atoms with Crippen molar-refractivity contribution >= 4 is 0 Å². The summed E-state index contributed by atoms with van der Waals surface area (Å²) in [5.41, 5.74) is 1.49. The molecule has 2 aromatic rings. The van der Waals surface area contributed by atoms with E-state index in [1.165, 1.54) is 0 Å². The first-order valence-electron chi connectivity index (χ1n) is 6.01. The van der Waals surface area contributed by atoms with Gasteiger partial charge in [0.2, 0.25) is 5.89 Å². The zero-order valence-electron chi connectivity index (χ0n) is 10.5. The number of rotatable bonds is 2. The number of nitrogens with zero attached hydrogens (tertiary/aromatic N) is 2. The minimum absolute atomic E-state index is 0.250. The maximum absolute atomic E-state index is 8.71. The molecule has 96 valence electrons. The third-order valence-electron chi connectivity index (χ3n) is 2.93. The van der Waals surface area contributed by atoms with Gasteiger partial charge in [-0.05, 0) is 25.1 Å². The largest absolute Gasteiger partial charge is 0.486 e. The molecule has 19 heavy (non-hydrogen) atoms. The Morgan fingerprint density at radius 2 is 2.05 bits per heavy atom. The minimum atomic E-state index is 0.250. The maximum Gasteiger partial charge on any atom is 0.226 e. The van der Waals surface area contributed by atoms with E-state index < -0.39 is 0 Å². The first-order chi connectivity index (χ1) is 9.28. The van der Waals surface area contributed by atoms with E-state index in [2.05, 4.69) is 11.1 Å². The van der Waals surface area contributed by atoms with Gasteiger partial charge in [-0.25, -0.2) is 4.98 Å². The highest BCUT2D eigenvalue weighted by Gasteiger charge is 2.16. The molecule has 0 N–H and O–H groups in total. The molecule has 5 heteroatoms. The van der Waals surface area contributed by atoms with Crippen molar-refractivity contribution in [3.63, 3.8) is 0 Å². The summed E-state index contributed by atoms with van der Waals surface area (Å²) in [6.45, 7) is 2.92. The second-order valence-electron chi connectivity index (χ2n) is 4.22. The second kappa shape index (κ2) is 4.65. The van der Waals surface area contributed by atoms with Crippen LogP contribution < -0.4 is 9.47 Å². The van der Waals surface area contributed by atoms with Crippen molar-refractivity contribution in [3.05, 3.63) is 29.7 Å². The zero-order valence-corrected chi connectivity index (χ0v) is 10.5. The van der Waals surface area contributed by atoms with Crippen LogP contribution in [-0.2, 0) is 6.42 Å². The van der Waals surface area contributed by atoms with Crippen molar-refractivity contribution in [2.75, 3.05) is 13.2 Å². The van der Waals surface area contributed by atoms with E-state index in [1.54, 1.807) is 6.92 Å². The third-order valence-corrected chi connectivity index (χ3v) is 2.93. The van der Waals surface area contributed by atoms with Crippen LogP contribution in [0.25, 0.3) is 11.5 Å². The third kappa shape index (κ3) is 2.13. The Morgan fingerprint density at radius 3 is 2.84 bits per heavy atom. The molecule has 0 atom stereocenters. The number of oxazole rings is 1. The van der Waals surface area contributed by atoms with Crippen LogP contribution in [0.4, 0.5) is 0 Å². The molecule has 3 rings (SSSR count). The number of aryl methyl sites for hydroxylation is 1. The number of nitriles is 1. The molecule has 0 fully saturated rings. The van der Waals surface area contributed by atoms with E-state index in [4.69, 9.17) is 19.2 Å². The average molecular weight is 256 g/mol. The maximum atomic E-state index is 8.71. The highest BCUT2D eigenvalue weighted by Crippen LogP contribution is 2.34. The van der Waals surface area contributed by atoms with Gasteiger partial charge in [0.05, 0.1) is 18.2 Å². The summed E-state index contributed by atoms with van der Waals surface area (Å²) in [7, 11) is 0. The summed E-state index contributed by atoms with van der Waals surface area (Å²) >= 11 is 0. The fourth-order valence-electron chi connectivity index (χ4n) is 1.97. The molecule has 0 saturated carbocycles. The molecule has 0 spiro atoms. The van der Waals surface area contributed by atoms with Crippen molar-refractivity contribution in [3.8, 4) is 29.0 Å². The second-order valence-corrected chi connectivity index (χ2v) is 4.22. The molecule has 0 radical (unpaired) electrons. The SMILES string of the molecule is Cc1oc(-c2ccc3c(c2)OCCO3)nc1CC#N. The molecule has 1 aromatic heterocycles. The number of benzene rings is 1. The van der Waals surface area contributed by atoms with Gasteiger partial charge in [0, 0.05) is 5.56 Å². The van der Waals surface area contributed by atoms with Gasteiger partial charge in [-0.3, -0.25) is 0 Å². The van der Waals surface area contributed by atoms with Crippen LogP contribution in [0.2, 0.25) is 0 Å². The Bertz CT molecular complexity index is 655. The van der Waals surface area contributed by atoms with Crippen LogP contribution in [0.1, 0.15) is 11.5 Å². The molecule has 5 nitrogen and oxygen atoms in total. The molecule has 0 saturated heterocycles. The van der Waals surface area contributed by atoms with Crippen molar-refractivity contribution in [1.82, 2.24) is 4.98 Å². The Labute approximate surface area is 110 Å². The number of hydrogen-bond acceptors (Lipinski definition) is 5. The predicted molar refractivity (Wildman–Crippen MR) is 67.0 cm³/mol. The number of hydrogen-bond donors (Lipinski definition) is 0. The molecule has 1 aliphatic heterocycles. The van der Waals surface area contributed by atoms with Gasteiger partial charge in [-0.1, -0.05) is 0 Å². The van der Waals surface area contributed by atoms with Gasteiger partial charge < -0.3 is 13.9 Å². The van der Waals surface area contributed by atoms with Gasteiger partial charge in [-0.15, -0.1) is 0 Å².